The summed E-state index contributed by atoms with van der Waals surface area (Å²) < 4.78 is 5.71. The minimum atomic E-state index is -0.886. The predicted octanol–water partition coefficient (Wildman–Crippen LogP) is 1.52. The number of aliphatic hydroxyl groups excluding tert-OH is 1. The molecule has 122 valence electrons. The average molecular weight is 371 g/mol. The van der Waals surface area contributed by atoms with E-state index in [1.165, 1.54) is 7.11 Å². The lowest BCUT2D eigenvalue weighted by atomic mass is 9.95. The number of hydrogen-bond donors (Lipinski definition) is 1. The van der Waals surface area contributed by atoms with E-state index < -0.39 is 12.0 Å². The van der Waals surface area contributed by atoms with Gasteiger partial charge in [-0.15, -0.1) is 0 Å². The van der Waals surface area contributed by atoms with Gasteiger partial charge in [-0.3, -0.25) is 9.69 Å². The van der Waals surface area contributed by atoms with Crippen molar-refractivity contribution in [1.82, 2.24) is 9.80 Å². The Morgan fingerprint density at radius 1 is 1.32 bits per heavy atom. The van der Waals surface area contributed by atoms with Crippen LogP contribution in [-0.2, 0) is 9.53 Å². The summed E-state index contributed by atoms with van der Waals surface area (Å²) in [6.45, 7) is 4.24. The van der Waals surface area contributed by atoms with Crippen molar-refractivity contribution in [3.63, 3.8) is 0 Å². The summed E-state index contributed by atoms with van der Waals surface area (Å²) in [5.74, 6) is -0.964. The van der Waals surface area contributed by atoms with Crippen molar-refractivity contribution in [3.05, 3.63) is 34.3 Å². The Morgan fingerprint density at radius 2 is 1.95 bits per heavy atom. The molecule has 2 rings (SSSR count). The lowest BCUT2D eigenvalue weighted by molar-refractivity contribution is -0.151. The monoisotopic (exact) mass is 370 g/mol. The van der Waals surface area contributed by atoms with Gasteiger partial charge in [-0.1, -0.05) is 34.1 Å². The highest BCUT2D eigenvalue weighted by Gasteiger charge is 2.32. The molecule has 1 saturated heterocycles. The molecule has 1 aromatic rings. The molecule has 6 heteroatoms. The van der Waals surface area contributed by atoms with Crippen molar-refractivity contribution >= 4 is 21.9 Å². The van der Waals surface area contributed by atoms with Crippen LogP contribution < -0.4 is 0 Å². The molecule has 0 aromatic heterocycles. The first-order chi connectivity index (χ1) is 10.5. The largest absolute Gasteiger partial charge is 0.469 e. The van der Waals surface area contributed by atoms with Gasteiger partial charge in [0.05, 0.1) is 19.1 Å². The summed E-state index contributed by atoms with van der Waals surface area (Å²) in [5, 5.41) is 10.7. The maximum absolute atomic E-state index is 12.1. The van der Waals surface area contributed by atoms with Crippen LogP contribution in [0.2, 0.25) is 0 Å². The first-order valence-electron chi connectivity index (χ1n) is 7.44. The Bertz CT molecular complexity index is 504. The van der Waals surface area contributed by atoms with Crippen LogP contribution in [-0.4, -0.2) is 67.8 Å². The van der Waals surface area contributed by atoms with Crippen LogP contribution in [0, 0.1) is 5.92 Å². The number of methoxy groups -OCH3 is 1. The molecule has 2 atom stereocenters. The van der Waals surface area contributed by atoms with Gasteiger partial charge < -0.3 is 14.7 Å². The molecule has 5 nitrogen and oxygen atoms in total. The van der Waals surface area contributed by atoms with Crippen LogP contribution in [0.4, 0.5) is 0 Å². The fraction of sp³-hybridized carbons (Fsp3) is 0.562. The molecule has 1 aromatic carbocycles. The van der Waals surface area contributed by atoms with Gasteiger partial charge in [0.15, 0.2) is 0 Å². The number of hydrogen-bond acceptors (Lipinski definition) is 5. The van der Waals surface area contributed by atoms with Crippen LogP contribution in [0.15, 0.2) is 28.7 Å². The molecule has 1 N–H and O–H groups in total. The average Bonchev–Trinajstić information content (AvgIpc) is 2.53. The van der Waals surface area contributed by atoms with Crippen molar-refractivity contribution in [1.29, 1.82) is 0 Å². The van der Waals surface area contributed by atoms with Crippen LogP contribution in [0.1, 0.15) is 11.7 Å². The maximum atomic E-state index is 12.1. The molecule has 0 unspecified atom stereocenters. The summed E-state index contributed by atoms with van der Waals surface area (Å²) in [6.07, 6.45) is -0.886. The number of likely N-dealkylation sites (N-methyl/N-ethyl adjacent to an activating group) is 1. The Balaban J connectivity index is 2.12. The van der Waals surface area contributed by atoms with Crippen LogP contribution in [0.25, 0.3) is 0 Å². The van der Waals surface area contributed by atoms with Crippen LogP contribution in [0.3, 0.4) is 0 Å². The highest BCUT2D eigenvalue weighted by molar-refractivity contribution is 9.10. The van der Waals surface area contributed by atoms with Gasteiger partial charge >= 0.3 is 5.97 Å². The fourth-order valence-electron chi connectivity index (χ4n) is 2.69. The minimum absolute atomic E-state index is 0.373. The molecule has 1 fully saturated rings. The molecule has 0 saturated carbocycles. The maximum Gasteiger partial charge on any atom is 0.312 e. The zero-order valence-electron chi connectivity index (χ0n) is 13.0. The second-order valence-electron chi connectivity index (χ2n) is 5.70. The summed E-state index contributed by atoms with van der Waals surface area (Å²) in [6, 6.07) is 7.43. The van der Waals surface area contributed by atoms with Gasteiger partial charge in [-0.2, -0.15) is 0 Å². The molecule has 0 amide bonds. The van der Waals surface area contributed by atoms with E-state index in [0.29, 0.717) is 12.1 Å². The molecule has 1 aliphatic rings. The topological polar surface area (TPSA) is 53.0 Å². The number of carbonyl (C=O) groups is 1. The molecule has 22 heavy (non-hydrogen) atoms. The van der Waals surface area contributed by atoms with Crippen molar-refractivity contribution < 1.29 is 14.6 Å². The number of rotatable bonds is 5. The van der Waals surface area contributed by atoms with E-state index >= 15 is 0 Å². The Labute approximate surface area is 140 Å². The molecule has 1 heterocycles. The number of benzene rings is 1. The molecule has 0 spiro atoms. The second kappa shape index (κ2) is 8.06. The lowest BCUT2D eigenvalue weighted by Gasteiger charge is -2.35. The third kappa shape index (κ3) is 4.29. The van der Waals surface area contributed by atoms with Gasteiger partial charge in [0.25, 0.3) is 0 Å². The van der Waals surface area contributed by atoms with Crippen molar-refractivity contribution in [3.8, 4) is 0 Å². The number of halogens is 1. The smallest absolute Gasteiger partial charge is 0.312 e. The number of carbonyl (C=O) groups excluding carboxylic acids is 1. The molecular weight excluding hydrogens is 348 g/mol. The fourth-order valence-corrected chi connectivity index (χ4v) is 3.21. The van der Waals surface area contributed by atoms with E-state index in [1.54, 1.807) is 0 Å². The van der Waals surface area contributed by atoms with Crippen molar-refractivity contribution in [2.24, 2.45) is 5.92 Å². The Morgan fingerprint density at radius 3 is 2.55 bits per heavy atom. The van der Waals surface area contributed by atoms with Crippen molar-refractivity contribution in [2.45, 2.75) is 6.10 Å². The second-order valence-corrected chi connectivity index (χ2v) is 6.55. The van der Waals surface area contributed by atoms with E-state index in [2.05, 4.69) is 32.8 Å². The third-order valence-corrected chi connectivity index (χ3v) is 4.88. The Hall–Kier alpha value is -0.950. The van der Waals surface area contributed by atoms with Crippen LogP contribution >= 0.6 is 15.9 Å². The molecule has 1 aliphatic heterocycles. The quantitative estimate of drug-likeness (QED) is 0.796. The highest BCUT2D eigenvalue weighted by Crippen LogP contribution is 2.30. The molecular formula is C16H23BrN2O3. The molecule has 0 radical (unpaired) electrons. The van der Waals surface area contributed by atoms with E-state index in [4.69, 9.17) is 4.74 Å². The first-order valence-corrected chi connectivity index (χ1v) is 8.23. The van der Waals surface area contributed by atoms with Crippen LogP contribution in [0.5, 0.6) is 0 Å². The van der Waals surface area contributed by atoms with E-state index in [0.717, 1.165) is 30.7 Å². The summed E-state index contributed by atoms with van der Waals surface area (Å²) in [4.78, 5) is 16.6. The minimum Gasteiger partial charge on any atom is -0.469 e. The highest BCUT2D eigenvalue weighted by atomic mass is 79.9. The SMILES string of the molecule is COC(=O)[C@@H](CN1CCN(C)CC1)[C@@H](O)c1ccccc1Br. The number of aliphatic hydroxyl groups is 1. The van der Waals surface area contributed by atoms with E-state index in [-0.39, 0.29) is 5.97 Å². The lowest BCUT2D eigenvalue weighted by Crippen LogP contribution is -2.48. The Kier molecular flexibility index (Phi) is 6.37. The number of esters is 1. The van der Waals surface area contributed by atoms with E-state index in [9.17, 15) is 9.90 Å². The third-order valence-electron chi connectivity index (χ3n) is 4.16. The zero-order chi connectivity index (χ0) is 16.1. The normalized spacial score (nSPS) is 19.6. The van der Waals surface area contributed by atoms with Gasteiger partial charge in [0.1, 0.15) is 0 Å². The van der Waals surface area contributed by atoms with Gasteiger partial charge in [-0.25, -0.2) is 0 Å². The van der Waals surface area contributed by atoms with Crippen molar-refractivity contribution in [2.75, 3.05) is 46.9 Å². The van der Waals surface area contributed by atoms with Gasteiger partial charge in [0.2, 0.25) is 0 Å². The zero-order valence-corrected chi connectivity index (χ0v) is 14.6. The molecule has 0 bridgehead atoms. The first kappa shape index (κ1) is 17.4. The number of piperazine rings is 1. The van der Waals surface area contributed by atoms with Gasteiger partial charge in [0, 0.05) is 37.2 Å². The standard InChI is InChI=1S/C16H23BrN2O3/c1-18-7-9-19(10-8-18)11-13(16(21)22-2)15(20)12-5-3-4-6-14(12)17/h3-6,13,15,20H,7-11H2,1-2H3/t13-,15-/m0/s1. The van der Waals surface area contributed by atoms with Gasteiger partial charge in [-0.05, 0) is 18.7 Å². The van der Waals surface area contributed by atoms with E-state index in [1.807, 2.05) is 24.3 Å². The summed E-state index contributed by atoms with van der Waals surface area (Å²) in [5.41, 5.74) is 0.715. The summed E-state index contributed by atoms with van der Waals surface area (Å²) in [7, 11) is 3.46. The molecule has 0 aliphatic carbocycles. The predicted molar refractivity (Wildman–Crippen MR) is 88.5 cm³/mol. The number of ether oxygens (including phenoxy) is 1. The summed E-state index contributed by atoms with van der Waals surface area (Å²) >= 11 is 3.44. The number of nitrogens with zero attached hydrogens (tertiary/aromatic N) is 2.